The van der Waals surface area contributed by atoms with Crippen molar-refractivity contribution in [2.45, 2.75) is 19.1 Å². The topological polar surface area (TPSA) is 49.6 Å². The molecule has 2 N–H and O–H groups in total. The Morgan fingerprint density at radius 2 is 1.96 bits per heavy atom. The maximum Gasteiger partial charge on any atom is 0.416 e. The number of alkyl halides is 3. The second kappa shape index (κ2) is 9.55. The molecule has 1 heterocycles. The summed E-state index contributed by atoms with van der Waals surface area (Å²) in [6.45, 7) is 0.861. The van der Waals surface area contributed by atoms with E-state index in [9.17, 15) is 13.2 Å². The summed E-state index contributed by atoms with van der Waals surface area (Å²) >= 11 is 0. The predicted molar refractivity (Wildman–Crippen MR) is 97.5 cm³/mol. The quantitative estimate of drug-likeness (QED) is 0.411. The number of nitrogens with one attached hydrogen (secondary N) is 2. The Labute approximate surface area is 155 Å². The van der Waals surface area contributed by atoms with Crippen LogP contribution in [0.15, 0.2) is 52.1 Å². The first-order valence-corrected chi connectivity index (χ1v) is 7.12. The molecule has 0 amide bonds. The van der Waals surface area contributed by atoms with Crippen molar-refractivity contribution in [3.63, 3.8) is 0 Å². The van der Waals surface area contributed by atoms with Gasteiger partial charge in [-0.15, -0.1) is 24.0 Å². The largest absolute Gasteiger partial charge is 0.469 e. The van der Waals surface area contributed by atoms with Crippen molar-refractivity contribution in [1.82, 2.24) is 10.6 Å². The van der Waals surface area contributed by atoms with Gasteiger partial charge in [0.1, 0.15) is 5.76 Å². The SMILES string of the molecule is CN=C(NCCc1ccco1)NCc1cccc(C(F)(F)F)c1.I. The van der Waals surface area contributed by atoms with E-state index in [-0.39, 0.29) is 30.5 Å². The number of aliphatic imine (C=N–C) groups is 1. The molecule has 0 fully saturated rings. The summed E-state index contributed by atoms with van der Waals surface area (Å²) in [6, 6.07) is 8.91. The van der Waals surface area contributed by atoms with Gasteiger partial charge < -0.3 is 15.1 Å². The Bertz CT molecular complexity index is 642. The second-order valence-electron chi connectivity index (χ2n) is 4.88. The number of nitrogens with zero attached hydrogens (tertiary/aromatic N) is 1. The fourth-order valence-corrected chi connectivity index (χ4v) is 2.02. The Morgan fingerprint density at radius 1 is 1.17 bits per heavy atom. The predicted octanol–water partition coefficient (Wildman–Crippen LogP) is 3.82. The maximum atomic E-state index is 12.7. The zero-order chi connectivity index (χ0) is 16.7. The van der Waals surface area contributed by atoms with E-state index < -0.39 is 11.7 Å². The van der Waals surface area contributed by atoms with Gasteiger partial charge in [0.15, 0.2) is 5.96 Å². The van der Waals surface area contributed by atoms with Crippen molar-refractivity contribution in [2.24, 2.45) is 4.99 Å². The normalized spacial score (nSPS) is 11.8. The molecule has 0 bridgehead atoms. The summed E-state index contributed by atoms with van der Waals surface area (Å²) in [5.74, 6) is 1.37. The highest BCUT2D eigenvalue weighted by Gasteiger charge is 2.30. The van der Waals surface area contributed by atoms with Gasteiger partial charge in [-0.1, -0.05) is 12.1 Å². The lowest BCUT2D eigenvalue weighted by atomic mass is 10.1. The van der Waals surface area contributed by atoms with Crippen molar-refractivity contribution in [3.8, 4) is 0 Å². The fourth-order valence-electron chi connectivity index (χ4n) is 2.02. The van der Waals surface area contributed by atoms with Crippen LogP contribution < -0.4 is 10.6 Å². The molecule has 2 aromatic rings. The number of furan rings is 1. The van der Waals surface area contributed by atoms with Gasteiger partial charge >= 0.3 is 6.18 Å². The standard InChI is InChI=1S/C16H18F3N3O.HI/c1-20-15(21-8-7-14-6-3-9-23-14)22-11-12-4-2-5-13(10-12)16(17,18)19;/h2-6,9-10H,7-8,11H2,1H3,(H2,20,21,22);1H. The molecular formula is C16H19F3IN3O. The average Bonchev–Trinajstić information content (AvgIpc) is 3.03. The number of rotatable bonds is 5. The minimum atomic E-state index is -4.33. The van der Waals surface area contributed by atoms with Gasteiger partial charge in [0, 0.05) is 26.6 Å². The first-order chi connectivity index (χ1) is 11.0. The molecule has 0 spiro atoms. The second-order valence-corrected chi connectivity index (χ2v) is 4.88. The molecule has 1 aromatic heterocycles. The lowest BCUT2D eigenvalue weighted by Gasteiger charge is -2.13. The van der Waals surface area contributed by atoms with Crippen LogP contribution in [0.2, 0.25) is 0 Å². The van der Waals surface area contributed by atoms with Gasteiger partial charge in [0.25, 0.3) is 0 Å². The summed E-state index contributed by atoms with van der Waals surface area (Å²) in [6.07, 6.45) is -2.04. The lowest BCUT2D eigenvalue weighted by molar-refractivity contribution is -0.137. The van der Waals surface area contributed by atoms with Crippen LogP contribution in [0.25, 0.3) is 0 Å². The molecule has 0 radical (unpaired) electrons. The van der Waals surface area contributed by atoms with Crippen LogP contribution in [0.3, 0.4) is 0 Å². The molecule has 2 rings (SSSR count). The Balaban J connectivity index is 0.00000288. The zero-order valence-corrected chi connectivity index (χ0v) is 15.4. The van der Waals surface area contributed by atoms with E-state index in [0.29, 0.717) is 24.5 Å². The highest BCUT2D eigenvalue weighted by molar-refractivity contribution is 14.0. The first kappa shape index (κ1) is 20.3. The molecule has 4 nitrogen and oxygen atoms in total. The lowest BCUT2D eigenvalue weighted by Crippen LogP contribution is -2.37. The van der Waals surface area contributed by atoms with Crippen LogP contribution in [0.4, 0.5) is 13.2 Å². The highest BCUT2D eigenvalue weighted by atomic mass is 127. The molecule has 0 aliphatic rings. The number of guanidine groups is 1. The molecule has 1 aromatic carbocycles. The third kappa shape index (κ3) is 6.42. The van der Waals surface area contributed by atoms with E-state index in [1.54, 1.807) is 19.4 Å². The van der Waals surface area contributed by atoms with Gasteiger partial charge in [0.2, 0.25) is 0 Å². The van der Waals surface area contributed by atoms with E-state index >= 15 is 0 Å². The minimum Gasteiger partial charge on any atom is -0.469 e. The first-order valence-electron chi connectivity index (χ1n) is 7.12. The highest BCUT2D eigenvalue weighted by Crippen LogP contribution is 2.29. The van der Waals surface area contributed by atoms with Crippen molar-refractivity contribution >= 4 is 29.9 Å². The number of halogens is 4. The van der Waals surface area contributed by atoms with E-state index in [1.807, 2.05) is 12.1 Å². The molecule has 24 heavy (non-hydrogen) atoms. The third-order valence-corrected chi connectivity index (χ3v) is 3.18. The van der Waals surface area contributed by atoms with Crippen LogP contribution in [0.1, 0.15) is 16.9 Å². The molecule has 132 valence electrons. The zero-order valence-electron chi connectivity index (χ0n) is 13.1. The molecule has 0 saturated carbocycles. The van der Waals surface area contributed by atoms with Crippen molar-refractivity contribution in [1.29, 1.82) is 0 Å². The third-order valence-electron chi connectivity index (χ3n) is 3.18. The summed E-state index contributed by atoms with van der Waals surface area (Å²) in [4.78, 5) is 4.03. The van der Waals surface area contributed by atoms with Crippen LogP contribution >= 0.6 is 24.0 Å². The number of benzene rings is 1. The van der Waals surface area contributed by atoms with Crippen LogP contribution in [0, 0.1) is 0 Å². The van der Waals surface area contributed by atoms with Gasteiger partial charge in [-0.05, 0) is 29.8 Å². The van der Waals surface area contributed by atoms with Gasteiger partial charge in [-0.25, -0.2) is 0 Å². The average molecular weight is 453 g/mol. The van der Waals surface area contributed by atoms with Crippen LogP contribution in [-0.4, -0.2) is 19.6 Å². The summed E-state index contributed by atoms with van der Waals surface area (Å²) in [5.41, 5.74) is -0.119. The number of hydrogen-bond acceptors (Lipinski definition) is 2. The molecule has 0 atom stereocenters. The molecule has 0 saturated heterocycles. The molecule has 8 heteroatoms. The monoisotopic (exact) mass is 453 g/mol. The molecule has 0 aliphatic carbocycles. The Hall–Kier alpha value is -1.71. The van der Waals surface area contributed by atoms with E-state index in [0.717, 1.165) is 17.9 Å². The van der Waals surface area contributed by atoms with Crippen molar-refractivity contribution in [3.05, 3.63) is 59.5 Å². The maximum absolute atomic E-state index is 12.7. The summed E-state index contributed by atoms with van der Waals surface area (Å²) in [7, 11) is 1.61. The van der Waals surface area contributed by atoms with E-state index in [2.05, 4.69) is 15.6 Å². The Morgan fingerprint density at radius 3 is 2.58 bits per heavy atom. The Kier molecular flexibility index (Phi) is 8.09. The molecular weight excluding hydrogens is 434 g/mol. The molecule has 0 aliphatic heterocycles. The van der Waals surface area contributed by atoms with Crippen LogP contribution in [-0.2, 0) is 19.1 Å². The minimum absolute atomic E-state index is 0. The smallest absolute Gasteiger partial charge is 0.416 e. The van der Waals surface area contributed by atoms with E-state index in [4.69, 9.17) is 4.42 Å². The summed E-state index contributed by atoms with van der Waals surface area (Å²) < 4.78 is 43.2. The van der Waals surface area contributed by atoms with E-state index in [1.165, 1.54) is 6.07 Å². The van der Waals surface area contributed by atoms with Crippen molar-refractivity contribution < 1.29 is 17.6 Å². The van der Waals surface area contributed by atoms with Gasteiger partial charge in [0.05, 0.1) is 11.8 Å². The van der Waals surface area contributed by atoms with Crippen LogP contribution in [0.5, 0.6) is 0 Å². The number of hydrogen-bond donors (Lipinski definition) is 2. The van der Waals surface area contributed by atoms with Crippen molar-refractivity contribution in [2.75, 3.05) is 13.6 Å². The van der Waals surface area contributed by atoms with Gasteiger partial charge in [-0.3, -0.25) is 4.99 Å². The summed E-state index contributed by atoms with van der Waals surface area (Å²) in [5, 5.41) is 6.06. The molecule has 0 unspecified atom stereocenters. The fraction of sp³-hybridized carbons (Fsp3) is 0.312. The van der Waals surface area contributed by atoms with Gasteiger partial charge in [-0.2, -0.15) is 13.2 Å².